The highest BCUT2D eigenvalue weighted by molar-refractivity contribution is 7.80. The fraction of sp³-hybridized carbons (Fsp3) is 0.375. The molecule has 2 aromatic carbocycles. The molecule has 29 heavy (non-hydrogen) atoms. The SMILES string of the molecule is CCC1c2[nH]c3ccccc3c2CCN1C(=S)Nc1ccc(N(CC)CC)cc1. The number of fused-ring (bicyclic) bond motifs is 3. The highest BCUT2D eigenvalue weighted by atomic mass is 32.1. The number of H-pyrrole nitrogens is 1. The molecule has 4 nitrogen and oxygen atoms in total. The highest BCUT2D eigenvalue weighted by Gasteiger charge is 2.30. The maximum Gasteiger partial charge on any atom is 0.174 e. The zero-order chi connectivity index (χ0) is 20.4. The predicted octanol–water partition coefficient (Wildman–Crippen LogP) is 5.72. The van der Waals surface area contributed by atoms with E-state index in [1.807, 2.05) is 0 Å². The molecule has 1 atom stereocenters. The summed E-state index contributed by atoms with van der Waals surface area (Å²) in [5.74, 6) is 0. The van der Waals surface area contributed by atoms with E-state index in [0.29, 0.717) is 0 Å². The number of aromatic nitrogens is 1. The van der Waals surface area contributed by atoms with E-state index < -0.39 is 0 Å². The Morgan fingerprint density at radius 1 is 1.10 bits per heavy atom. The molecule has 1 unspecified atom stereocenters. The van der Waals surface area contributed by atoms with Crippen LogP contribution in [0.4, 0.5) is 11.4 Å². The molecule has 0 radical (unpaired) electrons. The number of rotatable bonds is 5. The first-order chi connectivity index (χ1) is 14.2. The van der Waals surface area contributed by atoms with Gasteiger partial charge in [-0.3, -0.25) is 0 Å². The Hall–Kier alpha value is -2.53. The second-order valence-electron chi connectivity index (χ2n) is 7.58. The van der Waals surface area contributed by atoms with Gasteiger partial charge in [0.2, 0.25) is 0 Å². The summed E-state index contributed by atoms with van der Waals surface area (Å²) in [5, 5.41) is 5.62. The summed E-state index contributed by atoms with van der Waals surface area (Å²) in [6.45, 7) is 9.58. The lowest BCUT2D eigenvalue weighted by Gasteiger charge is -2.37. The first-order valence-corrected chi connectivity index (χ1v) is 11.1. The third kappa shape index (κ3) is 3.71. The Morgan fingerprint density at radius 3 is 2.52 bits per heavy atom. The van der Waals surface area contributed by atoms with Crippen LogP contribution in [0.1, 0.15) is 44.5 Å². The fourth-order valence-corrected chi connectivity index (χ4v) is 4.86. The van der Waals surface area contributed by atoms with Gasteiger partial charge in [0.05, 0.1) is 6.04 Å². The van der Waals surface area contributed by atoms with Crippen LogP contribution >= 0.6 is 12.2 Å². The molecule has 1 aromatic heterocycles. The monoisotopic (exact) mass is 406 g/mol. The van der Waals surface area contributed by atoms with Crippen LogP contribution in [0.2, 0.25) is 0 Å². The van der Waals surface area contributed by atoms with E-state index in [-0.39, 0.29) is 6.04 Å². The first kappa shape index (κ1) is 19.8. The van der Waals surface area contributed by atoms with Crippen LogP contribution in [0.25, 0.3) is 10.9 Å². The molecule has 2 N–H and O–H groups in total. The van der Waals surface area contributed by atoms with Crippen LogP contribution in [0.15, 0.2) is 48.5 Å². The molecule has 0 fully saturated rings. The largest absolute Gasteiger partial charge is 0.372 e. The lowest BCUT2D eigenvalue weighted by atomic mass is 9.96. The summed E-state index contributed by atoms with van der Waals surface area (Å²) in [6.07, 6.45) is 2.03. The van der Waals surface area contributed by atoms with Crippen molar-refractivity contribution in [2.24, 2.45) is 0 Å². The van der Waals surface area contributed by atoms with Crippen molar-refractivity contribution in [2.75, 3.05) is 29.9 Å². The standard InChI is InChI=1S/C24H30N4S/c1-4-22-23-20(19-9-7-8-10-21(19)26-23)15-16-28(22)24(29)25-17-11-13-18(14-12-17)27(5-2)6-3/h7-14,22,26H,4-6,15-16H2,1-3H3,(H,25,29). The molecule has 0 saturated carbocycles. The molecule has 0 bridgehead atoms. The molecule has 1 aliphatic rings. The molecule has 152 valence electrons. The number of thiocarbonyl (C=S) groups is 1. The van der Waals surface area contributed by atoms with Gasteiger partial charge in [0.25, 0.3) is 0 Å². The summed E-state index contributed by atoms with van der Waals surface area (Å²) in [6, 6.07) is 17.5. The zero-order valence-corrected chi connectivity index (χ0v) is 18.4. The number of aromatic amines is 1. The van der Waals surface area contributed by atoms with Gasteiger partial charge in [0.15, 0.2) is 5.11 Å². The minimum atomic E-state index is 0.279. The lowest BCUT2D eigenvalue weighted by molar-refractivity contribution is 0.291. The second-order valence-corrected chi connectivity index (χ2v) is 7.97. The minimum Gasteiger partial charge on any atom is -0.372 e. The third-order valence-corrected chi connectivity index (χ3v) is 6.39. The first-order valence-electron chi connectivity index (χ1n) is 10.7. The third-order valence-electron chi connectivity index (χ3n) is 6.05. The van der Waals surface area contributed by atoms with Crippen molar-refractivity contribution in [2.45, 2.75) is 39.7 Å². The van der Waals surface area contributed by atoms with Gasteiger partial charge < -0.3 is 20.1 Å². The minimum absolute atomic E-state index is 0.279. The Labute approximate surface area is 178 Å². The summed E-state index contributed by atoms with van der Waals surface area (Å²) >= 11 is 5.83. The van der Waals surface area contributed by atoms with Crippen molar-refractivity contribution in [1.29, 1.82) is 0 Å². The summed E-state index contributed by atoms with van der Waals surface area (Å²) in [5.41, 5.74) is 6.29. The number of hydrogen-bond donors (Lipinski definition) is 2. The molecule has 0 amide bonds. The van der Waals surface area contributed by atoms with Crippen molar-refractivity contribution in [3.05, 3.63) is 59.8 Å². The number of hydrogen-bond acceptors (Lipinski definition) is 2. The second kappa shape index (κ2) is 8.46. The maximum absolute atomic E-state index is 5.83. The summed E-state index contributed by atoms with van der Waals surface area (Å²) in [7, 11) is 0. The summed E-state index contributed by atoms with van der Waals surface area (Å²) < 4.78 is 0. The number of anilines is 2. The molecule has 0 aliphatic carbocycles. The van der Waals surface area contributed by atoms with E-state index >= 15 is 0 Å². The Bertz CT molecular complexity index is 988. The van der Waals surface area contributed by atoms with Gasteiger partial charge in [0, 0.05) is 47.6 Å². The van der Waals surface area contributed by atoms with E-state index in [1.54, 1.807) is 0 Å². The molecule has 3 aromatic rings. The molecule has 0 saturated heterocycles. The van der Waals surface area contributed by atoms with Gasteiger partial charge in [-0.05, 0) is 74.8 Å². The Kier molecular flexibility index (Phi) is 5.76. The fourth-order valence-electron chi connectivity index (χ4n) is 4.53. The molecule has 2 heterocycles. The van der Waals surface area contributed by atoms with E-state index in [4.69, 9.17) is 12.2 Å². The van der Waals surface area contributed by atoms with Crippen LogP contribution in [0.3, 0.4) is 0 Å². The van der Waals surface area contributed by atoms with Crippen LogP contribution in [0.5, 0.6) is 0 Å². The smallest absolute Gasteiger partial charge is 0.174 e. The van der Waals surface area contributed by atoms with Gasteiger partial charge >= 0.3 is 0 Å². The van der Waals surface area contributed by atoms with E-state index in [9.17, 15) is 0 Å². The van der Waals surface area contributed by atoms with Gasteiger partial charge in [-0.15, -0.1) is 0 Å². The number of nitrogens with one attached hydrogen (secondary N) is 2. The molecule has 4 rings (SSSR count). The molecule has 0 spiro atoms. The van der Waals surface area contributed by atoms with Crippen LogP contribution in [0, 0.1) is 0 Å². The van der Waals surface area contributed by atoms with Crippen molar-refractivity contribution in [3.63, 3.8) is 0 Å². The van der Waals surface area contributed by atoms with Crippen molar-refractivity contribution in [3.8, 4) is 0 Å². The van der Waals surface area contributed by atoms with Gasteiger partial charge in [-0.1, -0.05) is 25.1 Å². The van der Waals surface area contributed by atoms with Crippen LogP contribution < -0.4 is 10.2 Å². The number of para-hydroxylation sites is 1. The number of benzene rings is 2. The van der Waals surface area contributed by atoms with Crippen molar-refractivity contribution < 1.29 is 0 Å². The van der Waals surface area contributed by atoms with E-state index in [2.05, 4.69) is 89.4 Å². The Balaban J connectivity index is 1.53. The van der Waals surface area contributed by atoms with E-state index in [1.165, 1.54) is 27.8 Å². The Morgan fingerprint density at radius 2 is 1.83 bits per heavy atom. The van der Waals surface area contributed by atoms with Crippen molar-refractivity contribution >= 4 is 39.6 Å². The quantitative estimate of drug-likeness (QED) is 0.531. The summed E-state index contributed by atoms with van der Waals surface area (Å²) in [4.78, 5) is 8.35. The topological polar surface area (TPSA) is 34.3 Å². The zero-order valence-electron chi connectivity index (χ0n) is 17.5. The molecule has 5 heteroatoms. The van der Waals surface area contributed by atoms with Gasteiger partial charge in [0.1, 0.15) is 0 Å². The van der Waals surface area contributed by atoms with Crippen LogP contribution in [-0.2, 0) is 6.42 Å². The average Bonchev–Trinajstić information content (AvgIpc) is 3.13. The van der Waals surface area contributed by atoms with Gasteiger partial charge in [-0.2, -0.15) is 0 Å². The number of nitrogens with zero attached hydrogens (tertiary/aromatic N) is 2. The van der Waals surface area contributed by atoms with Crippen LogP contribution in [-0.4, -0.2) is 34.6 Å². The molecule has 1 aliphatic heterocycles. The van der Waals surface area contributed by atoms with Crippen molar-refractivity contribution in [1.82, 2.24) is 9.88 Å². The molecular formula is C24H30N4S. The lowest BCUT2D eigenvalue weighted by Crippen LogP contribution is -2.42. The normalized spacial score (nSPS) is 16.0. The molecular weight excluding hydrogens is 376 g/mol. The maximum atomic E-state index is 5.83. The highest BCUT2D eigenvalue weighted by Crippen LogP contribution is 2.36. The van der Waals surface area contributed by atoms with E-state index in [0.717, 1.165) is 43.3 Å². The van der Waals surface area contributed by atoms with Gasteiger partial charge in [-0.25, -0.2) is 0 Å². The predicted molar refractivity (Wildman–Crippen MR) is 128 cm³/mol. The average molecular weight is 407 g/mol.